The van der Waals surface area contributed by atoms with Crippen LogP contribution in [0.1, 0.15) is 32.5 Å². The Kier molecular flexibility index (Phi) is 4.49. The van der Waals surface area contributed by atoms with E-state index in [1.54, 1.807) is 6.20 Å². The van der Waals surface area contributed by atoms with Crippen molar-refractivity contribution in [1.29, 1.82) is 0 Å². The summed E-state index contributed by atoms with van der Waals surface area (Å²) in [6.07, 6.45) is 3.42. The third kappa shape index (κ3) is 2.79. The molecular formula is C13H21N3O2. The lowest BCUT2D eigenvalue weighted by Gasteiger charge is -2.35. The molecule has 2 rings (SSSR count). The van der Waals surface area contributed by atoms with Crippen LogP contribution in [0.5, 0.6) is 0 Å². The van der Waals surface area contributed by atoms with E-state index in [4.69, 9.17) is 9.47 Å². The van der Waals surface area contributed by atoms with Gasteiger partial charge in [0.25, 0.3) is 0 Å². The van der Waals surface area contributed by atoms with Gasteiger partial charge in [-0.05, 0) is 19.9 Å². The summed E-state index contributed by atoms with van der Waals surface area (Å²) in [6.45, 7) is 6.97. The zero-order valence-corrected chi connectivity index (χ0v) is 11.1. The summed E-state index contributed by atoms with van der Waals surface area (Å²) >= 11 is 0. The maximum absolute atomic E-state index is 5.96. The zero-order valence-electron chi connectivity index (χ0n) is 11.1. The van der Waals surface area contributed by atoms with Crippen molar-refractivity contribution in [2.75, 3.05) is 31.7 Å². The van der Waals surface area contributed by atoms with Gasteiger partial charge in [0.1, 0.15) is 11.4 Å². The summed E-state index contributed by atoms with van der Waals surface area (Å²) in [5.74, 6) is 1.62. The molecule has 1 fully saturated rings. The first-order valence-corrected chi connectivity index (χ1v) is 6.60. The van der Waals surface area contributed by atoms with Crippen LogP contribution in [0.15, 0.2) is 12.3 Å². The van der Waals surface area contributed by atoms with Crippen LogP contribution >= 0.6 is 0 Å². The summed E-state index contributed by atoms with van der Waals surface area (Å²) in [5.41, 5.74) is -0.377. The Morgan fingerprint density at radius 1 is 1.39 bits per heavy atom. The van der Waals surface area contributed by atoms with Crippen molar-refractivity contribution < 1.29 is 9.47 Å². The molecule has 5 nitrogen and oxygen atoms in total. The minimum Gasteiger partial charge on any atom is -0.381 e. The second kappa shape index (κ2) is 6.11. The molecule has 0 atom stereocenters. The number of aromatic nitrogens is 2. The molecule has 5 heteroatoms. The van der Waals surface area contributed by atoms with E-state index >= 15 is 0 Å². The Hall–Kier alpha value is -1.20. The topological polar surface area (TPSA) is 56.3 Å². The fourth-order valence-electron chi connectivity index (χ4n) is 2.27. The lowest BCUT2D eigenvalue weighted by atomic mass is 9.93. The molecule has 0 aliphatic carbocycles. The van der Waals surface area contributed by atoms with Gasteiger partial charge < -0.3 is 14.8 Å². The monoisotopic (exact) mass is 251 g/mol. The number of rotatable bonds is 5. The van der Waals surface area contributed by atoms with E-state index in [2.05, 4.69) is 22.2 Å². The summed E-state index contributed by atoms with van der Waals surface area (Å²) in [5, 5.41) is 3.21. The molecule has 0 spiro atoms. The fraction of sp³-hybridized carbons (Fsp3) is 0.692. The highest BCUT2D eigenvalue weighted by molar-refractivity contribution is 5.33. The SMILES string of the molecule is CCNc1ccnc(C2(OCC)CCOCC2)n1. The highest BCUT2D eigenvalue weighted by atomic mass is 16.5. The summed E-state index contributed by atoms with van der Waals surface area (Å²) < 4.78 is 11.4. The molecule has 0 amide bonds. The molecule has 0 unspecified atom stereocenters. The molecular weight excluding hydrogens is 230 g/mol. The van der Waals surface area contributed by atoms with E-state index in [1.165, 1.54) is 0 Å². The van der Waals surface area contributed by atoms with Crippen molar-refractivity contribution in [3.63, 3.8) is 0 Å². The largest absolute Gasteiger partial charge is 0.381 e. The van der Waals surface area contributed by atoms with Crippen LogP contribution in [0.25, 0.3) is 0 Å². The number of hydrogen-bond donors (Lipinski definition) is 1. The van der Waals surface area contributed by atoms with Crippen LogP contribution < -0.4 is 5.32 Å². The smallest absolute Gasteiger partial charge is 0.162 e. The Balaban J connectivity index is 2.26. The first-order valence-electron chi connectivity index (χ1n) is 6.60. The van der Waals surface area contributed by atoms with Crippen molar-refractivity contribution in [3.05, 3.63) is 18.1 Å². The van der Waals surface area contributed by atoms with Crippen LogP contribution in [0, 0.1) is 0 Å². The van der Waals surface area contributed by atoms with Gasteiger partial charge in [-0.1, -0.05) is 0 Å². The third-order valence-corrected chi connectivity index (χ3v) is 3.14. The van der Waals surface area contributed by atoms with E-state index < -0.39 is 0 Å². The van der Waals surface area contributed by atoms with Crippen molar-refractivity contribution >= 4 is 5.82 Å². The van der Waals surface area contributed by atoms with Crippen molar-refractivity contribution in [2.45, 2.75) is 32.3 Å². The molecule has 1 aromatic rings. The maximum atomic E-state index is 5.96. The first-order chi connectivity index (χ1) is 8.80. The molecule has 0 radical (unpaired) electrons. The standard InChI is InChI=1S/C13H21N3O2/c1-3-14-11-5-8-15-12(16-11)13(18-4-2)6-9-17-10-7-13/h5,8H,3-4,6-7,9-10H2,1-2H3,(H,14,15,16). The first kappa shape index (κ1) is 13.2. The minimum atomic E-state index is -0.377. The van der Waals surface area contributed by atoms with Crippen molar-refractivity contribution in [1.82, 2.24) is 9.97 Å². The molecule has 1 aliphatic rings. The number of ether oxygens (including phenoxy) is 2. The van der Waals surface area contributed by atoms with E-state index in [9.17, 15) is 0 Å². The Morgan fingerprint density at radius 2 is 2.17 bits per heavy atom. The second-order valence-corrected chi connectivity index (χ2v) is 4.34. The van der Waals surface area contributed by atoms with Gasteiger partial charge in [0.15, 0.2) is 5.82 Å². The average molecular weight is 251 g/mol. The molecule has 0 aromatic carbocycles. The predicted molar refractivity (Wildman–Crippen MR) is 69.6 cm³/mol. The van der Waals surface area contributed by atoms with Crippen molar-refractivity contribution in [3.8, 4) is 0 Å². The van der Waals surface area contributed by atoms with E-state index in [0.29, 0.717) is 19.8 Å². The van der Waals surface area contributed by atoms with Gasteiger partial charge in [-0.25, -0.2) is 9.97 Å². The molecule has 1 saturated heterocycles. The summed E-state index contributed by atoms with van der Waals surface area (Å²) in [4.78, 5) is 8.98. The van der Waals surface area contributed by atoms with Gasteiger partial charge in [0.2, 0.25) is 0 Å². The normalized spacial score (nSPS) is 18.6. The highest BCUT2D eigenvalue weighted by Crippen LogP contribution is 2.34. The molecule has 2 heterocycles. The van der Waals surface area contributed by atoms with Crippen molar-refractivity contribution in [2.24, 2.45) is 0 Å². The van der Waals surface area contributed by atoms with Crippen LogP contribution in [-0.4, -0.2) is 36.3 Å². The Labute approximate surface area is 108 Å². The van der Waals surface area contributed by atoms with E-state index in [0.717, 1.165) is 31.0 Å². The summed E-state index contributed by atoms with van der Waals surface area (Å²) in [6, 6.07) is 1.88. The quantitative estimate of drug-likeness (QED) is 0.866. The molecule has 1 N–H and O–H groups in total. The molecule has 100 valence electrons. The fourth-order valence-corrected chi connectivity index (χ4v) is 2.27. The minimum absolute atomic E-state index is 0.377. The number of nitrogens with one attached hydrogen (secondary N) is 1. The zero-order chi connectivity index (χ0) is 12.8. The number of nitrogens with zero attached hydrogens (tertiary/aromatic N) is 2. The van der Waals surface area contributed by atoms with Gasteiger partial charge in [-0.15, -0.1) is 0 Å². The van der Waals surface area contributed by atoms with Gasteiger partial charge in [0.05, 0.1) is 0 Å². The molecule has 1 aromatic heterocycles. The Morgan fingerprint density at radius 3 is 2.83 bits per heavy atom. The van der Waals surface area contributed by atoms with E-state index in [-0.39, 0.29) is 5.60 Å². The number of anilines is 1. The highest BCUT2D eigenvalue weighted by Gasteiger charge is 2.38. The van der Waals surface area contributed by atoms with Crippen LogP contribution in [0.3, 0.4) is 0 Å². The maximum Gasteiger partial charge on any atom is 0.162 e. The molecule has 0 bridgehead atoms. The van der Waals surface area contributed by atoms with Gasteiger partial charge in [-0.2, -0.15) is 0 Å². The lowest BCUT2D eigenvalue weighted by Crippen LogP contribution is -2.38. The van der Waals surface area contributed by atoms with Crippen LogP contribution in [-0.2, 0) is 15.1 Å². The van der Waals surface area contributed by atoms with Crippen LogP contribution in [0.4, 0.5) is 5.82 Å². The molecule has 1 aliphatic heterocycles. The Bertz CT molecular complexity index is 373. The van der Waals surface area contributed by atoms with Gasteiger partial charge in [0, 0.05) is 45.4 Å². The predicted octanol–water partition coefficient (Wildman–Crippen LogP) is 1.95. The number of hydrogen-bond acceptors (Lipinski definition) is 5. The summed E-state index contributed by atoms with van der Waals surface area (Å²) in [7, 11) is 0. The molecule has 18 heavy (non-hydrogen) atoms. The van der Waals surface area contributed by atoms with Crippen LogP contribution in [0.2, 0.25) is 0 Å². The van der Waals surface area contributed by atoms with Gasteiger partial charge >= 0.3 is 0 Å². The van der Waals surface area contributed by atoms with E-state index in [1.807, 2.05) is 13.0 Å². The molecule has 0 saturated carbocycles. The lowest BCUT2D eigenvalue weighted by molar-refractivity contribution is -0.117. The third-order valence-electron chi connectivity index (χ3n) is 3.14. The van der Waals surface area contributed by atoms with Gasteiger partial charge in [-0.3, -0.25) is 0 Å². The second-order valence-electron chi connectivity index (χ2n) is 4.34. The average Bonchev–Trinajstić information content (AvgIpc) is 2.41.